The average Bonchev–Trinajstić information content (AvgIpc) is 2.61. The van der Waals surface area contributed by atoms with Gasteiger partial charge in [0.1, 0.15) is 5.75 Å². The van der Waals surface area contributed by atoms with Crippen molar-refractivity contribution >= 4 is 17.4 Å². The van der Waals surface area contributed by atoms with Crippen LogP contribution in [0, 0.1) is 13.8 Å². The van der Waals surface area contributed by atoms with Crippen molar-refractivity contribution in [1.82, 2.24) is 0 Å². The number of nitrogens with zero attached hydrogens (tertiary/aromatic N) is 1. The summed E-state index contributed by atoms with van der Waals surface area (Å²) in [5, 5.41) is 0. The van der Waals surface area contributed by atoms with Crippen LogP contribution in [0.2, 0.25) is 0 Å². The van der Waals surface area contributed by atoms with E-state index in [1.165, 1.54) is 0 Å². The molecule has 2 aromatic carbocycles. The topological polar surface area (TPSA) is 46.6 Å². The predicted octanol–water partition coefficient (Wildman–Crippen LogP) is 3.86. The molecule has 0 saturated carbocycles. The molecule has 0 radical (unpaired) electrons. The van der Waals surface area contributed by atoms with Crippen LogP contribution in [0.15, 0.2) is 36.4 Å². The standard InChI is InChI=1S/C21H23NO3/c1-14-6-4-8-20(15(14)2)25-13-21(24)22-11-5-7-17-9-10-18(16(3)23)12-19(17)22/h4,6,8-10,12H,5,7,11,13H2,1-3H3. The zero-order chi connectivity index (χ0) is 18.0. The molecule has 3 rings (SSSR count). The van der Waals surface area contributed by atoms with E-state index in [0.29, 0.717) is 12.1 Å². The number of amides is 1. The maximum atomic E-state index is 12.7. The number of hydrogen-bond acceptors (Lipinski definition) is 3. The number of aryl methyl sites for hydroxylation is 2. The summed E-state index contributed by atoms with van der Waals surface area (Å²) in [6.45, 7) is 6.20. The van der Waals surface area contributed by atoms with Crippen molar-refractivity contribution in [3.63, 3.8) is 0 Å². The van der Waals surface area contributed by atoms with Crippen LogP contribution in [0.1, 0.15) is 40.4 Å². The first-order valence-corrected chi connectivity index (χ1v) is 8.60. The highest BCUT2D eigenvalue weighted by molar-refractivity contribution is 5.99. The van der Waals surface area contributed by atoms with E-state index in [2.05, 4.69) is 0 Å². The molecule has 0 bridgehead atoms. The lowest BCUT2D eigenvalue weighted by Gasteiger charge is -2.30. The van der Waals surface area contributed by atoms with Gasteiger partial charge in [0.2, 0.25) is 0 Å². The second-order valence-electron chi connectivity index (χ2n) is 6.54. The van der Waals surface area contributed by atoms with Crippen LogP contribution in [-0.4, -0.2) is 24.8 Å². The zero-order valence-corrected chi connectivity index (χ0v) is 15.0. The van der Waals surface area contributed by atoms with E-state index >= 15 is 0 Å². The largest absolute Gasteiger partial charge is 0.483 e. The van der Waals surface area contributed by atoms with Crippen molar-refractivity contribution in [2.24, 2.45) is 0 Å². The van der Waals surface area contributed by atoms with E-state index in [4.69, 9.17) is 4.74 Å². The third-order valence-corrected chi connectivity index (χ3v) is 4.82. The number of anilines is 1. The molecular weight excluding hydrogens is 314 g/mol. The maximum Gasteiger partial charge on any atom is 0.264 e. The van der Waals surface area contributed by atoms with Crippen molar-refractivity contribution in [2.75, 3.05) is 18.1 Å². The van der Waals surface area contributed by atoms with Crippen LogP contribution < -0.4 is 9.64 Å². The number of ether oxygens (including phenoxy) is 1. The highest BCUT2D eigenvalue weighted by Crippen LogP contribution is 2.29. The molecule has 0 fully saturated rings. The van der Waals surface area contributed by atoms with Gasteiger partial charge in [-0.1, -0.05) is 24.3 Å². The number of Topliss-reactive ketones (excluding diaryl/α,β-unsaturated/α-hetero) is 1. The van der Waals surface area contributed by atoms with Gasteiger partial charge in [-0.3, -0.25) is 9.59 Å². The maximum absolute atomic E-state index is 12.7. The minimum absolute atomic E-state index is 0.00592. The highest BCUT2D eigenvalue weighted by atomic mass is 16.5. The van der Waals surface area contributed by atoms with E-state index in [0.717, 1.165) is 41.0 Å². The number of fused-ring (bicyclic) bond motifs is 1. The number of hydrogen-bond donors (Lipinski definition) is 0. The summed E-state index contributed by atoms with van der Waals surface area (Å²) >= 11 is 0. The van der Waals surface area contributed by atoms with E-state index in [-0.39, 0.29) is 18.3 Å². The van der Waals surface area contributed by atoms with Gasteiger partial charge in [0.25, 0.3) is 5.91 Å². The number of carbonyl (C=O) groups is 2. The monoisotopic (exact) mass is 337 g/mol. The number of ketones is 1. The smallest absolute Gasteiger partial charge is 0.264 e. The molecule has 0 atom stereocenters. The van der Waals surface area contributed by atoms with Crippen molar-refractivity contribution in [3.05, 3.63) is 58.7 Å². The number of rotatable bonds is 4. The lowest BCUT2D eigenvalue weighted by molar-refractivity contribution is -0.120. The van der Waals surface area contributed by atoms with E-state index in [1.54, 1.807) is 11.8 Å². The Hall–Kier alpha value is -2.62. The molecule has 0 spiro atoms. The minimum atomic E-state index is -0.0810. The molecule has 4 nitrogen and oxygen atoms in total. The second-order valence-corrected chi connectivity index (χ2v) is 6.54. The minimum Gasteiger partial charge on any atom is -0.483 e. The first-order valence-electron chi connectivity index (χ1n) is 8.60. The second kappa shape index (κ2) is 7.09. The van der Waals surface area contributed by atoms with Crippen LogP contribution in [0.5, 0.6) is 5.75 Å². The van der Waals surface area contributed by atoms with E-state index in [1.807, 2.05) is 50.2 Å². The molecule has 0 aromatic heterocycles. The van der Waals surface area contributed by atoms with Gasteiger partial charge in [0.15, 0.2) is 12.4 Å². The summed E-state index contributed by atoms with van der Waals surface area (Å²) in [5.41, 5.74) is 4.77. The summed E-state index contributed by atoms with van der Waals surface area (Å²) in [7, 11) is 0. The van der Waals surface area contributed by atoms with Crippen molar-refractivity contribution in [2.45, 2.75) is 33.6 Å². The van der Waals surface area contributed by atoms with Gasteiger partial charge in [-0.2, -0.15) is 0 Å². The van der Waals surface area contributed by atoms with Crippen molar-refractivity contribution in [3.8, 4) is 5.75 Å². The molecule has 0 N–H and O–H groups in total. The van der Waals surface area contributed by atoms with Crippen LogP contribution in [-0.2, 0) is 11.2 Å². The molecule has 1 heterocycles. The van der Waals surface area contributed by atoms with Gasteiger partial charge in [-0.15, -0.1) is 0 Å². The molecule has 2 aromatic rings. The first-order chi connectivity index (χ1) is 12.0. The summed E-state index contributed by atoms with van der Waals surface area (Å²) in [6.07, 6.45) is 1.84. The molecule has 0 saturated heterocycles. The quantitative estimate of drug-likeness (QED) is 0.796. The fourth-order valence-electron chi connectivity index (χ4n) is 3.15. The molecule has 1 aliphatic rings. The predicted molar refractivity (Wildman–Crippen MR) is 98.5 cm³/mol. The summed E-state index contributed by atoms with van der Waals surface area (Å²) in [5.74, 6) is 0.665. The lowest BCUT2D eigenvalue weighted by atomic mass is 9.98. The molecular formula is C21H23NO3. The average molecular weight is 337 g/mol. The van der Waals surface area contributed by atoms with Crippen LogP contribution in [0.4, 0.5) is 5.69 Å². The molecule has 25 heavy (non-hydrogen) atoms. The van der Waals surface area contributed by atoms with Gasteiger partial charge >= 0.3 is 0 Å². The first kappa shape index (κ1) is 17.2. The molecule has 0 aliphatic carbocycles. The Morgan fingerprint density at radius 3 is 2.72 bits per heavy atom. The summed E-state index contributed by atoms with van der Waals surface area (Å²) in [4.78, 5) is 26.1. The fraction of sp³-hybridized carbons (Fsp3) is 0.333. The normalized spacial score (nSPS) is 13.3. The van der Waals surface area contributed by atoms with Gasteiger partial charge in [0, 0.05) is 17.8 Å². The number of benzene rings is 2. The summed E-state index contributed by atoms with van der Waals surface area (Å²) < 4.78 is 5.77. The van der Waals surface area contributed by atoms with Crippen molar-refractivity contribution < 1.29 is 14.3 Å². The van der Waals surface area contributed by atoms with Crippen LogP contribution in [0.3, 0.4) is 0 Å². The number of carbonyl (C=O) groups excluding carboxylic acids is 2. The third kappa shape index (κ3) is 3.58. The highest BCUT2D eigenvalue weighted by Gasteiger charge is 2.23. The molecule has 130 valence electrons. The Morgan fingerprint density at radius 1 is 1.16 bits per heavy atom. The molecule has 1 amide bonds. The van der Waals surface area contributed by atoms with E-state index < -0.39 is 0 Å². The Morgan fingerprint density at radius 2 is 1.96 bits per heavy atom. The Bertz CT molecular complexity index is 826. The van der Waals surface area contributed by atoms with Gasteiger partial charge < -0.3 is 9.64 Å². The zero-order valence-electron chi connectivity index (χ0n) is 15.0. The van der Waals surface area contributed by atoms with E-state index in [9.17, 15) is 9.59 Å². The van der Waals surface area contributed by atoms with Crippen LogP contribution >= 0.6 is 0 Å². The Balaban J connectivity index is 1.78. The Labute approximate surface area is 148 Å². The van der Waals surface area contributed by atoms with Crippen molar-refractivity contribution in [1.29, 1.82) is 0 Å². The molecule has 0 unspecified atom stereocenters. The van der Waals surface area contributed by atoms with Gasteiger partial charge in [-0.05, 0) is 62.4 Å². The molecule has 4 heteroatoms. The summed E-state index contributed by atoms with van der Waals surface area (Å²) in [6, 6.07) is 11.4. The third-order valence-electron chi connectivity index (χ3n) is 4.82. The van der Waals surface area contributed by atoms with Gasteiger partial charge in [-0.25, -0.2) is 0 Å². The SMILES string of the molecule is CC(=O)c1ccc2c(c1)N(C(=O)COc1cccc(C)c1C)CCC2. The van der Waals surface area contributed by atoms with Gasteiger partial charge in [0.05, 0.1) is 0 Å². The fourth-order valence-corrected chi connectivity index (χ4v) is 3.15. The Kier molecular flexibility index (Phi) is 4.88. The lowest BCUT2D eigenvalue weighted by Crippen LogP contribution is -2.38. The molecule has 1 aliphatic heterocycles. The van der Waals surface area contributed by atoms with Crippen LogP contribution in [0.25, 0.3) is 0 Å².